The third kappa shape index (κ3) is 4.12. The number of rotatable bonds is 5. The van der Waals surface area contributed by atoms with Gasteiger partial charge in [-0.3, -0.25) is 4.79 Å². The summed E-state index contributed by atoms with van der Waals surface area (Å²) in [5, 5.41) is 6.90. The Labute approximate surface area is 142 Å². The number of nitrogens with one attached hydrogen (secondary N) is 2. The lowest BCUT2D eigenvalue weighted by Crippen LogP contribution is -2.30. The van der Waals surface area contributed by atoms with Crippen LogP contribution < -0.4 is 10.6 Å². The Balaban J connectivity index is 1.53. The fourth-order valence-corrected chi connectivity index (χ4v) is 3.19. The maximum absolute atomic E-state index is 12.1. The number of hydrogen-bond donors (Lipinski definition) is 2. The minimum atomic E-state index is -0.0307. The molecule has 0 unspecified atom stereocenters. The predicted molar refractivity (Wildman–Crippen MR) is 95.0 cm³/mol. The Morgan fingerprint density at radius 1 is 1.17 bits per heavy atom. The first-order chi connectivity index (χ1) is 11.1. The number of benzene rings is 2. The third-order valence-corrected chi connectivity index (χ3v) is 4.53. The second-order valence-electron chi connectivity index (χ2n) is 6.04. The van der Waals surface area contributed by atoms with Gasteiger partial charge in [-0.2, -0.15) is 0 Å². The van der Waals surface area contributed by atoms with Crippen LogP contribution in [-0.4, -0.2) is 12.5 Å². The quantitative estimate of drug-likeness (QED) is 0.867. The van der Waals surface area contributed by atoms with Gasteiger partial charge in [0.2, 0.25) is 5.91 Å². The molecule has 120 valence electrons. The van der Waals surface area contributed by atoms with Crippen molar-refractivity contribution in [3.8, 4) is 0 Å². The summed E-state index contributed by atoms with van der Waals surface area (Å²) in [4.78, 5) is 12.1. The van der Waals surface area contributed by atoms with Crippen molar-refractivity contribution in [2.75, 3.05) is 11.9 Å². The molecule has 0 saturated heterocycles. The fraction of sp³-hybridized carbons (Fsp3) is 0.316. The monoisotopic (exact) mass is 328 g/mol. The second-order valence-corrected chi connectivity index (χ2v) is 6.48. The molecular weight excluding hydrogens is 308 g/mol. The van der Waals surface area contributed by atoms with Gasteiger partial charge in [0.15, 0.2) is 0 Å². The maximum Gasteiger partial charge on any atom is 0.238 e. The van der Waals surface area contributed by atoms with Gasteiger partial charge in [0.05, 0.1) is 6.54 Å². The number of carbonyl (C=O) groups is 1. The van der Waals surface area contributed by atoms with Crippen molar-refractivity contribution >= 4 is 23.2 Å². The van der Waals surface area contributed by atoms with Crippen molar-refractivity contribution in [1.29, 1.82) is 0 Å². The zero-order valence-corrected chi connectivity index (χ0v) is 14.0. The highest BCUT2D eigenvalue weighted by atomic mass is 35.5. The zero-order valence-electron chi connectivity index (χ0n) is 13.2. The zero-order chi connectivity index (χ0) is 16.2. The van der Waals surface area contributed by atoms with E-state index in [4.69, 9.17) is 11.6 Å². The molecule has 0 bridgehead atoms. The molecule has 1 aliphatic carbocycles. The smallest absolute Gasteiger partial charge is 0.238 e. The van der Waals surface area contributed by atoms with Gasteiger partial charge in [-0.1, -0.05) is 29.8 Å². The average molecular weight is 329 g/mol. The molecule has 0 radical (unpaired) electrons. The van der Waals surface area contributed by atoms with Crippen LogP contribution in [0.25, 0.3) is 0 Å². The molecule has 2 aromatic rings. The molecule has 0 heterocycles. The minimum absolute atomic E-state index is 0.0307. The van der Waals surface area contributed by atoms with E-state index in [0.717, 1.165) is 24.1 Å². The molecule has 4 heteroatoms. The molecule has 2 aromatic carbocycles. The van der Waals surface area contributed by atoms with Gasteiger partial charge in [-0.25, -0.2) is 0 Å². The van der Waals surface area contributed by atoms with Gasteiger partial charge in [0, 0.05) is 16.8 Å². The predicted octanol–water partition coefficient (Wildman–Crippen LogP) is 4.12. The first-order valence-electron chi connectivity index (χ1n) is 8.02. The van der Waals surface area contributed by atoms with E-state index in [2.05, 4.69) is 22.8 Å². The molecule has 0 saturated carbocycles. The molecule has 1 aliphatic rings. The topological polar surface area (TPSA) is 41.1 Å². The summed E-state index contributed by atoms with van der Waals surface area (Å²) in [6, 6.07) is 14.0. The van der Waals surface area contributed by atoms with Crippen molar-refractivity contribution in [2.45, 2.75) is 32.2 Å². The van der Waals surface area contributed by atoms with Crippen LogP contribution in [0.1, 0.15) is 36.1 Å². The number of amides is 1. The largest absolute Gasteiger partial charge is 0.325 e. The van der Waals surface area contributed by atoms with Crippen LogP contribution in [0.15, 0.2) is 42.5 Å². The number of anilines is 1. The summed E-state index contributed by atoms with van der Waals surface area (Å²) in [5.74, 6) is -0.0307. The van der Waals surface area contributed by atoms with Gasteiger partial charge >= 0.3 is 0 Å². The Morgan fingerprint density at radius 2 is 2.00 bits per heavy atom. The van der Waals surface area contributed by atoms with E-state index in [1.807, 2.05) is 37.3 Å². The highest BCUT2D eigenvalue weighted by molar-refractivity contribution is 6.30. The highest BCUT2D eigenvalue weighted by Gasteiger charge is 2.12. The first kappa shape index (κ1) is 16.0. The van der Waals surface area contributed by atoms with Crippen LogP contribution in [-0.2, 0) is 17.6 Å². The number of aryl methyl sites for hydroxylation is 2. The van der Waals surface area contributed by atoms with Crippen molar-refractivity contribution in [2.24, 2.45) is 0 Å². The Bertz CT molecular complexity index is 714. The Morgan fingerprint density at radius 3 is 2.83 bits per heavy atom. The van der Waals surface area contributed by atoms with E-state index < -0.39 is 0 Å². The standard InChI is InChI=1S/C19H21ClN2O/c1-13(15-5-3-7-17(20)10-15)21-12-19(23)22-18-9-8-14-4-2-6-16(14)11-18/h3,5,7-11,13,21H,2,4,6,12H2,1H3,(H,22,23)/t13-/m1/s1. The van der Waals surface area contributed by atoms with Gasteiger partial charge in [-0.05, 0) is 67.1 Å². The summed E-state index contributed by atoms with van der Waals surface area (Å²) in [5.41, 5.74) is 4.73. The SMILES string of the molecule is C[C@@H](NCC(=O)Nc1ccc2c(c1)CCC2)c1cccc(Cl)c1. The summed E-state index contributed by atoms with van der Waals surface area (Å²) in [6.07, 6.45) is 3.48. The summed E-state index contributed by atoms with van der Waals surface area (Å²) >= 11 is 6.00. The molecular formula is C19H21ClN2O. The summed E-state index contributed by atoms with van der Waals surface area (Å²) in [6.45, 7) is 2.29. The molecule has 2 N–H and O–H groups in total. The van der Waals surface area contributed by atoms with Crippen molar-refractivity contribution in [3.63, 3.8) is 0 Å². The van der Waals surface area contributed by atoms with Crippen LogP contribution >= 0.6 is 11.6 Å². The van der Waals surface area contributed by atoms with E-state index >= 15 is 0 Å². The Hall–Kier alpha value is -1.84. The number of carbonyl (C=O) groups excluding carboxylic acids is 1. The van der Waals surface area contributed by atoms with E-state index in [0.29, 0.717) is 5.02 Å². The van der Waals surface area contributed by atoms with Crippen LogP contribution in [0.3, 0.4) is 0 Å². The summed E-state index contributed by atoms with van der Waals surface area (Å²) < 4.78 is 0. The maximum atomic E-state index is 12.1. The van der Waals surface area contributed by atoms with E-state index in [9.17, 15) is 4.79 Å². The van der Waals surface area contributed by atoms with E-state index in [1.54, 1.807) is 0 Å². The van der Waals surface area contributed by atoms with Crippen LogP contribution in [0, 0.1) is 0 Å². The third-order valence-electron chi connectivity index (χ3n) is 4.30. The molecule has 1 amide bonds. The van der Waals surface area contributed by atoms with Gasteiger partial charge in [0.25, 0.3) is 0 Å². The lowest BCUT2D eigenvalue weighted by molar-refractivity contribution is -0.115. The molecule has 3 nitrogen and oxygen atoms in total. The second kappa shape index (κ2) is 7.16. The summed E-state index contributed by atoms with van der Waals surface area (Å²) in [7, 11) is 0. The van der Waals surface area contributed by atoms with Gasteiger partial charge < -0.3 is 10.6 Å². The first-order valence-corrected chi connectivity index (χ1v) is 8.40. The van der Waals surface area contributed by atoms with Gasteiger partial charge in [0.1, 0.15) is 0 Å². The highest BCUT2D eigenvalue weighted by Crippen LogP contribution is 2.24. The molecule has 23 heavy (non-hydrogen) atoms. The number of hydrogen-bond acceptors (Lipinski definition) is 2. The van der Waals surface area contributed by atoms with Crippen molar-refractivity contribution in [1.82, 2.24) is 5.32 Å². The van der Waals surface area contributed by atoms with E-state index in [1.165, 1.54) is 17.5 Å². The number of halogens is 1. The molecule has 1 atom stereocenters. The van der Waals surface area contributed by atoms with E-state index in [-0.39, 0.29) is 18.5 Å². The van der Waals surface area contributed by atoms with Crippen LogP contribution in [0.2, 0.25) is 5.02 Å². The average Bonchev–Trinajstić information content (AvgIpc) is 3.00. The van der Waals surface area contributed by atoms with Gasteiger partial charge in [-0.15, -0.1) is 0 Å². The molecule has 0 aliphatic heterocycles. The van der Waals surface area contributed by atoms with Crippen LogP contribution in [0.4, 0.5) is 5.69 Å². The normalized spacial score (nSPS) is 14.3. The van der Waals surface area contributed by atoms with Crippen molar-refractivity contribution in [3.05, 3.63) is 64.2 Å². The Kier molecular flexibility index (Phi) is 4.99. The van der Waals surface area contributed by atoms with Crippen LogP contribution in [0.5, 0.6) is 0 Å². The molecule has 3 rings (SSSR count). The molecule has 0 aromatic heterocycles. The lowest BCUT2D eigenvalue weighted by Gasteiger charge is -2.14. The molecule has 0 spiro atoms. The fourth-order valence-electron chi connectivity index (χ4n) is 2.99. The minimum Gasteiger partial charge on any atom is -0.325 e. The van der Waals surface area contributed by atoms with Crippen molar-refractivity contribution < 1.29 is 4.79 Å². The lowest BCUT2D eigenvalue weighted by atomic mass is 10.1. The molecule has 0 fully saturated rings. The number of fused-ring (bicyclic) bond motifs is 1.